The second-order valence-corrected chi connectivity index (χ2v) is 5.07. The summed E-state index contributed by atoms with van der Waals surface area (Å²) in [5.41, 5.74) is 2.70. The number of rotatable bonds is 1. The predicted molar refractivity (Wildman–Crippen MR) is 77.6 cm³/mol. The average molecular weight is 281 g/mol. The number of hydrogen-bond acceptors (Lipinski definition) is 4. The van der Waals surface area contributed by atoms with Gasteiger partial charge in [0.15, 0.2) is 0 Å². The molecule has 104 valence electrons. The van der Waals surface area contributed by atoms with Crippen molar-refractivity contribution < 1.29 is 14.4 Å². The maximum Gasteiger partial charge on any atom is 0.276 e. The molecule has 0 amide bonds. The predicted octanol–water partition coefficient (Wildman–Crippen LogP) is 4.02. The minimum Gasteiger partial charge on any atom is -0.485 e. The van der Waals surface area contributed by atoms with Crippen LogP contribution in [0.15, 0.2) is 36.4 Å². The van der Waals surface area contributed by atoms with Crippen LogP contribution in [-0.2, 0) is 0 Å². The molecule has 0 aromatic heterocycles. The molecule has 0 bridgehead atoms. The molecule has 2 aromatic carbocycles. The molecule has 0 spiro atoms. The lowest BCUT2D eigenvalue weighted by atomic mass is 10.00. The second kappa shape index (κ2) is 4.09. The van der Waals surface area contributed by atoms with Gasteiger partial charge in [-0.3, -0.25) is 10.1 Å². The second-order valence-electron chi connectivity index (χ2n) is 5.07. The molecule has 5 heteroatoms. The first kappa shape index (κ1) is 12.0. The average Bonchev–Trinajstić information content (AvgIpc) is 2.67. The van der Waals surface area contributed by atoms with Crippen LogP contribution in [-0.4, -0.2) is 11.0 Å². The fourth-order valence-corrected chi connectivity index (χ4v) is 2.76. The number of nitro benzene ring substituents is 1. The minimum atomic E-state index is -0.438. The summed E-state index contributed by atoms with van der Waals surface area (Å²) in [6, 6.07) is 10.5. The number of fused-ring (bicyclic) bond motifs is 1. The summed E-state index contributed by atoms with van der Waals surface area (Å²) in [5, 5.41) is 11.1. The summed E-state index contributed by atoms with van der Waals surface area (Å²) in [7, 11) is 0. The monoisotopic (exact) mass is 281 g/mol. The van der Waals surface area contributed by atoms with Crippen LogP contribution in [0.5, 0.6) is 17.2 Å². The van der Waals surface area contributed by atoms with E-state index in [9.17, 15) is 10.1 Å². The van der Waals surface area contributed by atoms with E-state index in [1.807, 2.05) is 37.3 Å². The van der Waals surface area contributed by atoms with Gasteiger partial charge in [0.2, 0.25) is 0 Å². The highest BCUT2D eigenvalue weighted by molar-refractivity contribution is 5.94. The van der Waals surface area contributed by atoms with Crippen molar-refractivity contribution in [1.82, 2.24) is 0 Å². The van der Waals surface area contributed by atoms with Gasteiger partial charge in [0.1, 0.15) is 23.4 Å². The minimum absolute atomic E-state index is 0.0309. The lowest BCUT2D eigenvalue weighted by Gasteiger charge is -2.09. The Balaban J connectivity index is 2.01. The van der Waals surface area contributed by atoms with Crippen molar-refractivity contribution in [3.63, 3.8) is 0 Å². The first-order valence-corrected chi connectivity index (χ1v) is 6.61. The zero-order valence-corrected chi connectivity index (χ0v) is 11.2. The van der Waals surface area contributed by atoms with Gasteiger partial charge in [0.05, 0.1) is 22.6 Å². The maximum atomic E-state index is 11.1. The normalized spacial score (nSPS) is 17.8. The fraction of sp³-hybridized carbons (Fsp3) is 0.125. The van der Waals surface area contributed by atoms with Gasteiger partial charge < -0.3 is 9.47 Å². The smallest absolute Gasteiger partial charge is 0.276 e. The Hall–Kier alpha value is -2.82. The molecule has 1 atom stereocenters. The summed E-state index contributed by atoms with van der Waals surface area (Å²) in [6.45, 7) is 1.93. The van der Waals surface area contributed by atoms with Gasteiger partial charge in [-0.2, -0.15) is 0 Å². The summed E-state index contributed by atoms with van der Waals surface area (Å²) in [5.74, 6) is 1.67. The highest BCUT2D eigenvalue weighted by Gasteiger charge is 2.33. The highest BCUT2D eigenvalue weighted by Crippen LogP contribution is 2.50. The zero-order chi connectivity index (χ0) is 14.6. The van der Waals surface area contributed by atoms with E-state index in [0.717, 1.165) is 16.7 Å². The number of non-ortho nitro benzene ring substituents is 1. The van der Waals surface area contributed by atoms with Crippen LogP contribution in [0.4, 0.5) is 5.69 Å². The van der Waals surface area contributed by atoms with E-state index in [2.05, 4.69) is 0 Å². The first-order valence-electron chi connectivity index (χ1n) is 6.61. The molecule has 0 saturated carbocycles. The summed E-state index contributed by atoms with van der Waals surface area (Å²) >= 11 is 0. The van der Waals surface area contributed by atoms with Crippen LogP contribution in [0.3, 0.4) is 0 Å². The van der Waals surface area contributed by atoms with Gasteiger partial charge in [-0.25, -0.2) is 0 Å². The molecule has 0 N–H and O–H groups in total. The molecule has 0 fully saturated rings. The number of para-hydroxylation sites is 1. The van der Waals surface area contributed by atoms with Gasteiger partial charge in [0, 0.05) is 11.1 Å². The topological polar surface area (TPSA) is 61.6 Å². The molecule has 0 saturated heterocycles. The molecule has 2 aromatic rings. The van der Waals surface area contributed by atoms with E-state index in [-0.39, 0.29) is 11.8 Å². The molecule has 2 aliphatic rings. The van der Waals surface area contributed by atoms with E-state index in [1.165, 1.54) is 12.1 Å². The van der Waals surface area contributed by atoms with Crippen LogP contribution >= 0.6 is 0 Å². The molecular formula is C16H11NO4. The maximum absolute atomic E-state index is 11.1. The molecule has 5 nitrogen and oxygen atoms in total. The zero-order valence-electron chi connectivity index (χ0n) is 11.2. The van der Waals surface area contributed by atoms with Gasteiger partial charge >= 0.3 is 0 Å². The highest BCUT2D eigenvalue weighted by atomic mass is 16.6. The SMILES string of the molecule is C[C@H]1Oc2cc([N+](=O)[O-])cc3c2C1=Cc1ccccc1O3. The third-order valence-electron chi connectivity index (χ3n) is 3.74. The Morgan fingerprint density at radius 1 is 1.14 bits per heavy atom. The Bertz CT molecular complexity index is 810. The molecule has 2 aliphatic heterocycles. The Morgan fingerprint density at radius 3 is 2.71 bits per heavy atom. The van der Waals surface area contributed by atoms with Crippen LogP contribution in [0.1, 0.15) is 18.1 Å². The Labute approximate surface area is 120 Å². The van der Waals surface area contributed by atoms with Crippen molar-refractivity contribution in [2.45, 2.75) is 13.0 Å². The van der Waals surface area contributed by atoms with Crippen LogP contribution < -0.4 is 9.47 Å². The van der Waals surface area contributed by atoms with Crippen LogP contribution in [0, 0.1) is 10.1 Å². The van der Waals surface area contributed by atoms with E-state index < -0.39 is 4.92 Å². The van der Waals surface area contributed by atoms with Crippen LogP contribution in [0.25, 0.3) is 11.6 Å². The summed E-state index contributed by atoms with van der Waals surface area (Å²) < 4.78 is 11.6. The van der Waals surface area contributed by atoms with Crippen molar-refractivity contribution in [2.75, 3.05) is 0 Å². The van der Waals surface area contributed by atoms with E-state index >= 15 is 0 Å². The molecule has 0 aliphatic carbocycles. The van der Waals surface area contributed by atoms with Crippen molar-refractivity contribution >= 4 is 17.3 Å². The van der Waals surface area contributed by atoms with Crippen LogP contribution in [0.2, 0.25) is 0 Å². The van der Waals surface area contributed by atoms with E-state index in [4.69, 9.17) is 9.47 Å². The largest absolute Gasteiger partial charge is 0.485 e. The quantitative estimate of drug-likeness (QED) is 0.585. The van der Waals surface area contributed by atoms with Crippen molar-refractivity contribution in [2.24, 2.45) is 0 Å². The third kappa shape index (κ3) is 1.71. The van der Waals surface area contributed by atoms with Gasteiger partial charge in [0.25, 0.3) is 5.69 Å². The third-order valence-corrected chi connectivity index (χ3v) is 3.74. The van der Waals surface area contributed by atoms with Crippen molar-refractivity contribution in [3.8, 4) is 17.2 Å². The van der Waals surface area contributed by atoms with Crippen molar-refractivity contribution in [1.29, 1.82) is 0 Å². The molecule has 0 unspecified atom stereocenters. The van der Waals surface area contributed by atoms with Gasteiger partial charge in [-0.15, -0.1) is 0 Å². The standard InChI is InChI=1S/C16H11NO4/c1-9-12-6-10-4-2-3-5-13(10)21-15-8-11(17(18)19)7-14(20-9)16(12)15/h2-9H,1H3/t9-/m1/s1. The molecule has 0 radical (unpaired) electrons. The number of nitro groups is 1. The lowest BCUT2D eigenvalue weighted by molar-refractivity contribution is -0.385. The lowest BCUT2D eigenvalue weighted by Crippen LogP contribution is -2.04. The Kier molecular flexibility index (Phi) is 2.33. The van der Waals surface area contributed by atoms with E-state index in [0.29, 0.717) is 17.2 Å². The molecular weight excluding hydrogens is 270 g/mol. The summed E-state index contributed by atoms with van der Waals surface area (Å²) in [6.07, 6.45) is 1.87. The number of hydrogen-bond donors (Lipinski definition) is 0. The number of ether oxygens (including phenoxy) is 2. The van der Waals surface area contributed by atoms with Crippen molar-refractivity contribution in [3.05, 3.63) is 57.6 Å². The number of nitrogens with zero attached hydrogens (tertiary/aromatic N) is 1. The molecule has 2 heterocycles. The fourth-order valence-electron chi connectivity index (χ4n) is 2.76. The Morgan fingerprint density at radius 2 is 1.90 bits per heavy atom. The number of benzene rings is 2. The van der Waals surface area contributed by atoms with Gasteiger partial charge in [-0.1, -0.05) is 18.2 Å². The molecule has 21 heavy (non-hydrogen) atoms. The first-order chi connectivity index (χ1) is 10.1. The molecule has 4 rings (SSSR count). The summed E-state index contributed by atoms with van der Waals surface area (Å²) in [4.78, 5) is 10.6. The van der Waals surface area contributed by atoms with Gasteiger partial charge in [-0.05, 0) is 19.1 Å². The van der Waals surface area contributed by atoms with E-state index in [1.54, 1.807) is 0 Å².